The molecule has 34 heavy (non-hydrogen) atoms. The molecule has 0 atom stereocenters. The molecule has 0 spiro atoms. The molecule has 0 saturated heterocycles. The standard InChI is InChI=1S/C27H21BrN2O4/c1-2-33-25-16-18(17-29-30-26(31)20-11-13-21(28)14-12-20)10-15-24(25)34-27(32)23-9-5-7-19-6-3-4-8-22(19)23/h3-17H,2H2,1H3,(H,30,31). The summed E-state index contributed by atoms with van der Waals surface area (Å²) in [7, 11) is 0. The van der Waals surface area contributed by atoms with Crippen molar-refractivity contribution in [3.05, 3.63) is 106 Å². The van der Waals surface area contributed by atoms with Crippen molar-refractivity contribution in [2.24, 2.45) is 5.10 Å². The Balaban J connectivity index is 1.49. The van der Waals surface area contributed by atoms with Gasteiger partial charge in [-0.15, -0.1) is 0 Å². The first kappa shape index (κ1) is 23.2. The van der Waals surface area contributed by atoms with Gasteiger partial charge in [-0.3, -0.25) is 4.79 Å². The Morgan fingerprint density at radius 2 is 1.71 bits per heavy atom. The van der Waals surface area contributed by atoms with Crippen molar-refractivity contribution in [2.45, 2.75) is 6.92 Å². The number of nitrogens with zero attached hydrogens (tertiary/aromatic N) is 1. The summed E-state index contributed by atoms with van der Waals surface area (Å²) in [6.45, 7) is 2.23. The van der Waals surface area contributed by atoms with E-state index < -0.39 is 5.97 Å². The molecule has 6 nitrogen and oxygen atoms in total. The molecule has 170 valence electrons. The molecule has 0 aliphatic heterocycles. The first-order chi connectivity index (χ1) is 16.5. The number of benzene rings is 4. The van der Waals surface area contributed by atoms with Crippen LogP contribution in [-0.4, -0.2) is 24.7 Å². The molecule has 0 bridgehead atoms. The van der Waals surface area contributed by atoms with Gasteiger partial charge in [0.25, 0.3) is 5.91 Å². The average molecular weight is 517 g/mol. The maximum absolute atomic E-state index is 12.9. The predicted molar refractivity (Wildman–Crippen MR) is 136 cm³/mol. The van der Waals surface area contributed by atoms with E-state index in [4.69, 9.17) is 9.47 Å². The molecular formula is C27H21BrN2O4. The summed E-state index contributed by atoms with van der Waals surface area (Å²) in [6, 6.07) is 25.2. The minimum Gasteiger partial charge on any atom is -0.490 e. The maximum atomic E-state index is 12.9. The second kappa shape index (κ2) is 10.8. The third-order valence-corrected chi connectivity index (χ3v) is 5.49. The van der Waals surface area contributed by atoms with Gasteiger partial charge in [0, 0.05) is 10.0 Å². The number of rotatable bonds is 7. The van der Waals surface area contributed by atoms with Gasteiger partial charge in [-0.25, -0.2) is 10.2 Å². The predicted octanol–water partition coefficient (Wildman–Crippen LogP) is 5.98. The number of fused-ring (bicyclic) bond motifs is 1. The lowest BCUT2D eigenvalue weighted by atomic mass is 10.0. The van der Waals surface area contributed by atoms with Crippen LogP contribution in [0, 0.1) is 0 Å². The number of hydrazone groups is 1. The zero-order valence-electron chi connectivity index (χ0n) is 18.3. The Kier molecular flexibility index (Phi) is 7.34. The summed E-state index contributed by atoms with van der Waals surface area (Å²) in [4.78, 5) is 25.1. The Bertz CT molecular complexity index is 1360. The molecule has 0 heterocycles. The van der Waals surface area contributed by atoms with E-state index in [1.165, 1.54) is 6.21 Å². The van der Waals surface area contributed by atoms with Gasteiger partial charge >= 0.3 is 5.97 Å². The monoisotopic (exact) mass is 516 g/mol. The quantitative estimate of drug-likeness (QED) is 0.142. The van der Waals surface area contributed by atoms with Crippen molar-refractivity contribution in [1.82, 2.24) is 5.43 Å². The van der Waals surface area contributed by atoms with E-state index in [9.17, 15) is 9.59 Å². The summed E-state index contributed by atoms with van der Waals surface area (Å²) in [5, 5.41) is 5.79. The third kappa shape index (κ3) is 5.50. The molecule has 0 unspecified atom stereocenters. The Morgan fingerprint density at radius 3 is 2.50 bits per heavy atom. The lowest BCUT2D eigenvalue weighted by molar-refractivity contribution is 0.0730. The van der Waals surface area contributed by atoms with Crippen molar-refractivity contribution in [1.29, 1.82) is 0 Å². The fraction of sp³-hybridized carbons (Fsp3) is 0.0741. The van der Waals surface area contributed by atoms with E-state index in [2.05, 4.69) is 26.5 Å². The van der Waals surface area contributed by atoms with Crippen LogP contribution in [0.2, 0.25) is 0 Å². The zero-order chi connectivity index (χ0) is 23.9. The van der Waals surface area contributed by atoms with E-state index in [1.807, 2.05) is 43.3 Å². The summed E-state index contributed by atoms with van der Waals surface area (Å²) in [5.41, 5.74) is 4.13. The van der Waals surface area contributed by atoms with Gasteiger partial charge in [-0.1, -0.05) is 52.3 Å². The minimum atomic E-state index is -0.471. The number of halogens is 1. The molecule has 1 N–H and O–H groups in total. The van der Waals surface area contributed by atoms with Crippen molar-refractivity contribution in [3.63, 3.8) is 0 Å². The van der Waals surface area contributed by atoms with Crippen LogP contribution < -0.4 is 14.9 Å². The van der Waals surface area contributed by atoms with Gasteiger partial charge in [-0.05, 0) is 71.8 Å². The number of carbonyl (C=O) groups is 2. The molecule has 0 fully saturated rings. The van der Waals surface area contributed by atoms with Crippen molar-refractivity contribution >= 4 is 44.8 Å². The van der Waals surface area contributed by atoms with E-state index in [1.54, 1.807) is 48.5 Å². The molecule has 0 aliphatic carbocycles. The highest BCUT2D eigenvalue weighted by Gasteiger charge is 2.15. The molecule has 4 aromatic carbocycles. The van der Waals surface area contributed by atoms with E-state index >= 15 is 0 Å². The Morgan fingerprint density at radius 1 is 0.941 bits per heavy atom. The number of carbonyl (C=O) groups excluding carboxylic acids is 2. The lowest BCUT2D eigenvalue weighted by Gasteiger charge is -2.12. The van der Waals surface area contributed by atoms with Gasteiger partial charge in [0.1, 0.15) is 0 Å². The van der Waals surface area contributed by atoms with Gasteiger partial charge in [0.15, 0.2) is 11.5 Å². The lowest BCUT2D eigenvalue weighted by Crippen LogP contribution is -2.17. The molecule has 1 amide bonds. The summed E-state index contributed by atoms with van der Waals surface area (Å²) >= 11 is 3.34. The van der Waals surface area contributed by atoms with Gasteiger partial charge in [0.05, 0.1) is 18.4 Å². The van der Waals surface area contributed by atoms with Crippen LogP contribution in [-0.2, 0) is 0 Å². The smallest absolute Gasteiger partial charge is 0.344 e. The van der Waals surface area contributed by atoms with Gasteiger partial charge in [-0.2, -0.15) is 5.10 Å². The first-order valence-electron chi connectivity index (χ1n) is 10.6. The van der Waals surface area contributed by atoms with Crippen LogP contribution in [0.15, 0.2) is 94.5 Å². The number of nitrogens with one attached hydrogen (secondary N) is 1. The van der Waals surface area contributed by atoms with Gasteiger partial charge in [0.2, 0.25) is 0 Å². The molecule has 7 heteroatoms. The molecule has 0 aliphatic rings. The highest BCUT2D eigenvalue weighted by atomic mass is 79.9. The molecule has 4 rings (SSSR count). The fourth-order valence-electron chi connectivity index (χ4n) is 3.35. The number of amides is 1. The van der Waals surface area contributed by atoms with Crippen LogP contribution in [0.5, 0.6) is 11.5 Å². The first-order valence-corrected chi connectivity index (χ1v) is 11.4. The van der Waals surface area contributed by atoms with Crippen molar-refractivity contribution < 1.29 is 19.1 Å². The van der Waals surface area contributed by atoms with Crippen LogP contribution in [0.4, 0.5) is 0 Å². The molecule has 0 saturated carbocycles. The Labute approximate surface area is 205 Å². The topological polar surface area (TPSA) is 77.0 Å². The molecular weight excluding hydrogens is 496 g/mol. The van der Waals surface area contributed by atoms with E-state index in [0.29, 0.717) is 34.8 Å². The second-order valence-corrected chi connectivity index (χ2v) is 8.18. The Hall–Kier alpha value is -3.97. The van der Waals surface area contributed by atoms with Crippen molar-refractivity contribution in [2.75, 3.05) is 6.61 Å². The van der Waals surface area contributed by atoms with Crippen LogP contribution in [0.25, 0.3) is 10.8 Å². The summed E-state index contributed by atoms with van der Waals surface area (Å²) in [6.07, 6.45) is 1.50. The average Bonchev–Trinajstić information content (AvgIpc) is 2.85. The third-order valence-electron chi connectivity index (χ3n) is 4.97. The largest absolute Gasteiger partial charge is 0.490 e. The highest BCUT2D eigenvalue weighted by Crippen LogP contribution is 2.30. The normalized spacial score (nSPS) is 10.9. The molecule has 0 aromatic heterocycles. The fourth-order valence-corrected chi connectivity index (χ4v) is 3.61. The maximum Gasteiger partial charge on any atom is 0.344 e. The molecule has 4 aromatic rings. The number of ether oxygens (including phenoxy) is 2. The van der Waals surface area contributed by atoms with Crippen molar-refractivity contribution in [3.8, 4) is 11.5 Å². The minimum absolute atomic E-state index is 0.302. The zero-order valence-corrected chi connectivity index (χ0v) is 19.9. The summed E-state index contributed by atoms with van der Waals surface area (Å²) < 4.78 is 12.2. The second-order valence-electron chi connectivity index (χ2n) is 7.26. The van der Waals surface area contributed by atoms with Gasteiger partial charge < -0.3 is 9.47 Å². The summed E-state index contributed by atoms with van der Waals surface area (Å²) in [5.74, 6) is -0.0922. The number of hydrogen-bond acceptors (Lipinski definition) is 5. The highest BCUT2D eigenvalue weighted by molar-refractivity contribution is 9.10. The number of esters is 1. The molecule has 0 radical (unpaired) electrons. The van der Waals surface area contributed by atoms with Crippen LogP contribution in [0.1, 0.15) is 33.2 Å². The van der Waals surface area contributed by atoms with Crippen LogP contribution in [0.3, 0.4) is 0 Å². The number of hydrogen-bond donors (Lipinski definition) is 1. The van der Waals surface area contributed by atoms with Crippen LogP contribution >= 0.6 is 15.9 Å². The SMILES string of the molecule is CCOc1cc(C=NNC(=O)c2ccc(Br)cc2)ccc1OC(=O)c1cccc2ccccc12. The van der Waals surface area contributed by atoms with E-state index in [-0.39, 0.29) is 5.91 Å². The van der Waals surface area contributed by atoms with E-state index in [0.717, 1.165) is 15.2 Å².